The molecule has 1 aromatic rings. The highest BCUT2D eigenvalue weighted by atomic mass is 32.1. The molecule has 0 radical (unpaired) electrons. The minimum absolute atomic E-state index is 0.129. The molecule has 3 heterocycles. The van der Waals surface area contributed by atoms with Crippen molar-refractivity contribution in [3.05, 3.63) is 21.9 Å². The maximum absolute atomic E-state index is 12.8. The summed E-state index contributed by atoms with van der Waals surface area (Å²) < 4.78 is 4.87. The number of methoxy groups -OCH3 is 1. The molecule has 0 saturated carbocycles. The van der Waals surface area contributed by atoms with Crippen molar-refractivity contribution >= 4 is 23.2 Å². The van der Waals surface area contributed by atoms with E-state index in [1.807, 2.05) is 9.80 Å². The Morgan fingerprint density at radius 2 is 2.22 bits per heavy atom. The second kappa shape index (κ2) is 7.01. The molecule has 1 fully saturated rings. The van der Waals surface area contributed by atoms with Crippen LogP contribution in [0.15, 0.2) is 11.4 Å². The number of hydrogen-bond acceptors (Lipinski definition) is 5. The molecule has 2 aliphatic rings. The Balaban J connectivity index is 1.70. The molecule has 0 N–H and O–H groups in total. The fourth-order valence-electron chi connectivity index (χ4n) is 3.82. The van der Waals surface area contributed by atoms with Crippen LogP contribution in [0.2, 0.25) is 0 Å². The van der Waals surface area contributed by atoms with Crippen molar-refractivity contribution in [1.82, 2.24) is 9.80 Å². The molecule has 2 atom stereocenters. The molecule has 0 aliphatic carbocycles. The zero-order valence-corrected chi connectivity index (χ0v) is 14.6. The van der Waals surface area contributed by atoms with Crippen LogP contribution in [-0.2, 0) is 20.7 Å². The number of thiophene rings is 1. The van der Waals surface area contributed by atoms with Gasteiger partial charge in [0.15, 0.2) is 0 Å². The second-order valence-electron chi connectivity index (χ2n) is 6.21. The van der Waals surface area contributed by atoms with Crippen LogP contribution in [0.5, 0.6) is 0 Å². The molecule has 6 heteroatoms. The maximum Gasteiger partial charge on any atom is 0.323 e. The standard InChI is InChI=1S/C17H24N2O3S/c1-3-13-12-7-10-23-15(12)6-9-19(13)16(20)11-18-8-4-5-14(18)17(21)22-2/h7,10,13-14H,3-6,8-9,11H2,1-2H3/t13-,14+/m0/s1. The van der Waals surface area contributed by atoms with Gasteiger partial charge in [-0.1, -0.05) is 6.92 Å². The van der Waals surface area contributed by atoms with Crippen LogP contribution >= 0.6 is 11.3 Å². The van der Waals surface area contributed by atoms with E-state index in [0.717, 1.165) is 38.8 Å². The number of likely N-dealkylation sites (tertiary alicyclic amines) is 1. The van der Waals surface area contributed by atoms with Gasteiger partial charge in [-0.3, -0.25) is 14.5 Å². The smallest absolute Gasteiger partial charge is 0.323 e. The summed E-state index contributed by atoms with van der Waals surface area (Å²) in [6.07, 6.45) is 3.59. The minimum Gasteiger partial charge on any atom is -0.468 e. The predicted molar refractivity (Wildman–Crippen MR) is 89.4 cm³/mol. The lowest BCUT2D eigenvalue weighted by molar-refractivity contribution is -0.147. The Bertz CT molecular complexity index is 586. The second-order valence-corrected chi connectivity index (χ2v) is 7.21. The van der Waals surface area contributed by atoms with Crippen molar-refractivity contribution < 1.29 is 14.3 Å². The van der Waals surface area contributed by atoms with Gasteiger partial charge in [0.1, 0.15) is 6.04 Å². The number of hydrogen-bond donors (Lipinski definition) is 0. The van der Waals surface area contributed by atoms with Gasteiger partial charge in [0.25, 0.3) is 0 Å². The first-order valence-electron chi connectivity index (χ1n) is 8.33. The fraction of sp³-hybridized carbons (Fsp3) is 0.647. The molecule has 2 aliphatic heterocycles. The van der Waals surface area contributed by atoms with Gasteiger partial charge in [-0.15, -0.1) is 11.3 Å². The van der Waals surface area contributed by atoms with Gasteiger partial charge in [-0.05, 0) is 49.2 Å². The quantitative estimate of drug-likeness (QED) is 0.791. The normalized spacial score (nSPS) is 24.5. The zero-order valence-electron chi connectivity index (χ0n) is 13.8. The number of nitrogens with zero attached hydrogens (tertiary/aromatic N) is 2. The summed E-state index contributed by atoms with van der Waals surface area (Å²) in [6, 6.07) is 2.07. The number of ether oxygens (including phenoxy) is 1. The summed E-state index contributed by atoms with van der Waals surface area (Å²) in [6.45, 7) is 4.02. The molecule has 1 aromatic heterocycles. The van der Waals surface area contributed by atoms with Crippen LogP contribution in [0, 0.1) is 0 Å². The Morgan fingerprint density at radius 1 is 1.39 bits per heavy atom. The van der Waals surface area contributed by atoms with E-state index in [1.54, 1.807) is 11.3 Å². The molecular formula is C17H24N2O3S. The molecular weight excluding hydrogens is 312 g/mol. The lowest BCUT2D eigenvalue weighted by atomic mass is 9.97. The number of esters is 1. The van der Waals surface area contributed by atoms with E-state index in [2.05, 4.69) is 18.4 Å². The van der Waals surface area contributed by atoms with Crippen LogP contribution in [0.4, 0.5) is 0 Å². The molecule has 0 bridgehead atoms. The van der Waals surface area contributed by atoms with Gasteiger partial charge in [-0.25, -0.2) is 0 Å². The molecule has 126 valence electrons. The molecule has 1 saturated heterocycles. The molecule has 1 amide bonds. The lowest BCUT2D eigenvalue weighted by Crippen LogP contribution is -2.47. The van der Waals surface area contributed by atoms with Crippen molar-refractivity contribution in [3.63, 3.8) is 0 Å². The first-order valence-corrected chi connectivity index (χ1v) is 9.21. The van der Waals surface area contributed by atoms with E-state index in [0.29, 0.717) is 6.54 Å². The van der Waals surface area contributed by atoms with Crippen molar-refractivity contribution in [3.8, 4) is 0 Å². The van der Waals surface area contributed by atoms with Gasteiger partial charge >= 0.3 is 5.97 Å². The summed E-state index contributed by atoms with van der Waals surface area (Å²) >= 11 is 1.79. The minimum atomic E-state index is -0.259. The number of amides is 1. The number of carbonyl (C=O) groups excluding carboxylic acids is 2. The highest BCUT2D eigenvalue weighted by Gasteiger charge is 2.36. The molecule has 23 heavy (non-hydrogen) atoms. The third-order valence-corrected chi connectivity index (χ3v) is 5.97. The number of carbonyl (C=O) groups is 2. The Kier molecular flexibility index (Phi) is 5.02. The van der Waals surface area contributed by atoms with Crippen LogP contribution in [0.25, 0.3) is 0 Å². The van der Waals surface area contributed by atoms with E-state index < -0.39 is 0 Å². The average molecular weight is 336 g/mol. The maximum atomic E-state index is 12.8. The van der Waals surface area contributed by atoms with Gasteiger partial charge < -0.3 is 9.64 Å². The van der Waals surface area contributed by atoms with Crippen molar-refractivity contribution in [1.29, 1.82) is 0 Å². The summed E-state index contributed by atoms with van der Waals surface area (Å²) in [5.41, 5.74) is 1.31. The predicted octanol–water partition coefficient (Wildman–Crippen LogP) is 2.22. The average Bonchev–Trinajstić information content (AvgIpc) is 3.21. The molecule has 0 aromatic carbocycles. The highest BCUT2D eigenvalue weighted by molar-refractivity contribution is 7.10. The fourth-order valence-corrected chi connectivity index (χ4v) is 4.75. The highest BCUT2D eigenvalue weighted by Crippen LogP contribution is 2.35. The monoisotopic (exact) mass is 336 g/mol. The summed E-state index contributed by atoms with van der Waals surface area (Å²) in [5, 5.41) is 2.12. The summed E-state index contributed by atoms with van der Waals surface area (Å²) in [4.78, 5) is 30.1. The van der Waals surface area contributed by atoms with E-state index >= 15 is 0 Å². The van der Waals surface area contributed by atoms with E-state index in [9.17, 15) is 9.59 Å². The van der Waals surface area contributed by atoms with Crippen LogP contribution in [0.1, 0.15) is 42.7 Å². The van der Waals surface area contributed by atoms with Gasteiger partial charge in [0, 0.05) is 11.4 Å². The topological polar surface area (TPSA) is 49.9 Å². The van der Waals surface area contributed by atoms with Crippen LogP contribution < -0.4 is 0 Å². The van der Waals surface area contributed by atoms with Crippen molar-refractivity contribution in [2.45, 2.75) is 44.7 Å². The van der Waals surface area contributed by atoms with Gasteiger partial charge in [-0.2, -0.15) is 0 Å². The molecule has 0 spiro atoms. The zero-order chi connectivity index (χ0) is 16.4. The van der Waals surface area contributed by atoms with Crippen LogP contribution in [-0.4, -0.2) is 54.5 Å². The van der Waals surface area contributed by atoms with Crippen LogP contribution in [0.3, 0.4) is 0 Å². The Hall–Kier alpha value is -1.40. The number of fused-ring (bicyclic) bond motifs is 1. The summed E-state index contributed by atoms with van der Waals surface area (Å²) in [5.74, 6) is -0.0920. The van der Waals surface area contributed by atoms with Crippen molar-refractivity contribution in [2.24, 2.45) is 0 Å². The largest absolute Gasteiger partial charge is 0.468 e. The Labute approximate surface area is 141 Å². The number of rotatable bonds is 4. The van der Waals surface area contributed by atoms with E-state index in [-0.39, 0.29) is 24.0 Å². The van der Waals surface area contributed by atoms with Gasteiger partial charge in [0.05, 0.1) is 19.7 Å². The third-order valence-electron chi connectivity index (χ3n) is 4.98. The molecule has 3 rings (SSSR count). The Morgan fingerprint density at radius 3 is 2.96 bits per heavy atom. The SMILES string of the molecule is CC[C@H]1c2ccsc2CCN1C(=O)CN1CCC[C@@H]1C(=O)OC. The van der Waals surface area contributed by atoms with Crippen molar-refractivity contribution in [2.75, 3.05) is 26.7 Å². The first kappa shape index (κ1) is 16.5. The third kappa shape index (κ3) is 3.15. The van der Waals surface area contributed by atoms with E-state index in [1.165, 1.54) is 17.6 Å². The molecule has 0 unspecified atom stereocenters. The lowest BCUT2D eigenvalue weighted by Gasteiger charge is -2.37. The van der Waals surface area contributed by atoms with Gasteiger partial charge in [0.2, 0.25) is 5.91 Å². The first-order chi connectivity index (χ1) is 11.2. The van der Waals surface area contributed by atoms with E-state index in [4.69, 9.17) is 4.74 Å². The summed E-state index contributed by atoms with van der Waals surface area (Å²) in [7, 11) is 1.41. The molecule has 5 nitrogen and oxygen atoms in total.